The number of nitrogens with zero attached hydrogens (tertiary/aromatic N) is 2. The maximum atomic E-state index is 13.0. The van der Waals surface area contributed by atoms with Crippen molar-refractivity contribution >= 4 is 26.0 Å². The number of carbonyl (C=O) groups is 1. The van der Waals surface area contributed by atoms with E-state index in [9.17, 15) is 21.6 Å². The molecule has 0 radical (unpaired) electrons. The molecule has 1 aromatic rings. The Morgan fingerprint density at radius 2 is 1.70 bits per heavy atom. The van der Waals surface area contributed by atoms with Gasteiger partial charge in [-0.3, -0.25) is 4.79 Å². The monoisotopic (exact) mass is 460 g/mol. The van der Waals surface area contributed by atoms with E-state index in [1.54, 1.807) is 13.8 Å². The van der Waals surface area contributed by atoms with E-state index < -0.39 is 31.9 Å². The van der Waals surface area contributed by atoms with Crippen LogP contribution in [-0.2, 0) is 34.3 Å². The minimum Gasteiger partial charge on any atom is -0.457 e. The second kappa shape index (κ2) is 9.31. The van der Waals surface area contributed by atoms with Crippen LogP contribution in [0.3, 0.4) is 0 Å². The highest BCUT2D eigenvalue weighted by Gasteiger charge is 2.36. The number of sulfonamides is 2. The predicted octanol–water partition coefficient (Wildman–Crippen LogP) is 1.06. The number of hydrogen-bond acceptors (Lipinski definition) is 7. The molecule has 0 bridgehead atoms. The Balaban J connectivity index is 1.73. The SMILES string of the molecule is CCN(CC)S(=O)(=O)c1ccc(S(=O)(=O)N2CCC[C@@H](C(=O)OC3COC3)C2)cc1. The molecule has 1 aromatic carbocycles. The fraction of sp³-hybridized carbons (Fsp3) is 0.632. The molecule has 2 aliphatic rings. The highest BCUT2D eigenvalue weighted by molar-refractivity contribution is 7.89. The lowest BCUT2D eigenvalue weighted by atomic mass is 10.00. The Bertz CT molecular complexity index is 953. The van der Waals surface area contributed by atoms with Crippen molar-refractivity contribution in [2.75, 3.05) is 39.4 Å². The minimum atomic E-state index is -3.85. The van der Waals surface area contributed by atoms with Crippen LogP contribution in [-0.4, -0.2) is 76.9 Å². The quantitative estimate of drug-likeness (QED) is 0.534. The Morgan fingerprint density at radius 3 is 2.23 bits per heavy atom. The van der Waals surface area contributed by atoms with Crippen molar-refractivity contribution < 1.29 is 31.1 Å². The highest BCUT2D eigenvalue weighted by atomic mass is 32.2. The molecular formula is C19H28N2O7S2. The third kappa shape index (κ3) is 4.70. The molecule has 11 heteroatoms. The zero-order valence-electron chi connectivity index (χ0n) is 17.2. The Labute approximate surface area is 178 Å². The molecule has 2 saturated heterocycles. The van der Waals surface area contributed by atoms with Gasteiger partial charge in [-0.15, -0.1) is 0 Å². The second-order valence-electron chi connectivity index (χ2n) is 7.36. The van der Waals surface area contributed by atoms with Gasteiger partial charge in [0.1, 0.15) is 6.10 Å². The molecule has 0 aromatic heterocycles. The van der Waals surface area contributed by atoms with Crippen molar-refractivity contribution in [1.82, 2.24) is 8.61 Å². The first-order valence-electron chi connectivity index (χ1n) is 10.1. The van der Waals surface area contributed by atoms with Gasteiger partial charge in [-0.1, -0.05) is 13.8 Å². The molecule has 9 nitrogen and oxygen atoms in total. The summed E-state index contributed by atoms with van der Waals surface area (Å²) in [7, 11) is -7.51. The Kier molecular flexibility index (Phi) is 7.18. The van der Waals surface area contributed by atoms with Gasteiger partial charge in [0.2, 0.25) is 20.0 Å². The molecule has 3 rings (SSSR count). The summed E-state index contributed by atoms with van der Waals surface area (Å²) in [5, 5.41) is 0. The van der Waals surface area contributed by atoms with Gasteiger partial charge in [0, 0.05) is 26.2 Å². The maximum absolute atomic E-state index is 13.0. The number of piperidine rings is 1. The fourth-order valence-corrected chi connectivity index (χ4v) is 6.52. The lowest BCUT2D eigenvalue weighted by Crippen LogP contribution is -2.45. The summed E-state index contributed by atoms with van der Waals surface area (Å²) in [5.41, 5.74) is 0. The summed E-state index contributed by atoms with van der Waals surface area (Å²) in [5.74, 6) is -0.916. The van der Waals surface area contributed by atoms with Crippen LogP contribution in [0.25, 0.3) is 0 Å². The first-order chi connectivity index (χ1) is 14.2. The minimum absolute atomic E-state index is 0.00223. The summed E-state index contributed by atoms with van der Waals surface area (Å²) in [4.78, 5) is 12.4. The van der Waals surface area contributed by atoms with Crippen LogP contribution in [0.4, 0.5) is 0 Å². The molecule has 2 aliphatic heterocycles. The molecule has 168 valence electrons. The van der Waals surface area contributed by atoms with E-state index >= 15 is 0 Å². The average molecular weight is 461 g/mol. The second-order valence-corrected chi connectivity index (χ2v) is 11.2. The zero-order chi connectivity index (χ0) is 21.9. The maximum Gasteiger partial charge on any atom is 0.310 e. The number of carbonyl (C=O) groups excluding carboxylic acids is 1. The molecular weight excluding hydrogens is 432 g/mol. The van der Waals surface area contributed by atoms with Crippen LogP contribution in [0, 0.1) is 5.92 Å². The third-order valence-corrected chi connectivity index (χ3v) is 9.36. The number of esters is 1. The fourth-order valence-electron chi connectivity index (χ4n) is 3.54. The van der Waals surface area contributed by atoms with Gasteiger partial charge in [0.05, 0.1) is 28.9 Å². The molecule has 0 amide bonds. The number of ether oxygens (including phenoxy) is 2. The van der Waals surface area contributed by atoms with Crippen LogP contribution in [0.15, 0.2) is 34.1 Å². The molecule has 2 heterocycles. The van der Waals surface area contributed by atoms with Crippen molar-refractivity contribution in [3.8, 4) is 0 Å². The van der Waals surface area contributed by atoms with Crippen molar-refractivity contribution in [2.24, 2.45) is 5.92 Å². The lowest BCUT2D eigenvalue weighted by molar-refractivity contribution is -0.177. The van der Waals surface area contributed by atoms with Gasteiger partial charge in [-0.05, 0) is 37.1 Å². The summed E-state index contributed by atoms with van der Waals surface area (Å²) in [6.07, 6.45) is 0.874. The summed E-state index contributed by atoms with van der Waals surface area (Å²) in [6.45, 7) is 5.26. The summed E-state index contributed by atoms with van der Waals surface area (Å²) < 4.78 is 64.2. The van der Waals surface area contributed by atoms with Gasteiger partial charge in [0.25, 0.3) is 0 Å². The molecule has 0 spiro atoms. The first-order valence-corrected chi connectivity index (χ1v) is 13.0. The van der Waals surface area contributed by atoms with Crippen molar-refractivity contribution in [3.05, 3.63) is 24.3 Å². The van der Waals surface area contributed by atoms with Crippen molar-refractivity contribution in [1.29, 1.82) is 0 Å². The number of benzene rings is 1. The van der Waals surface area contributed by atoms with Crippen molar-refractivity contribution in [2.45, 2.75) is 42.6 Å². The van der Waals surface area contributed by atoms with E-state index in [0.29, 0.717) is 45.7 Å². The number of hydrogen-bond donors (Lipinski definition) is 0. The normalized spacial score (nSPS) is 21.4. The molecule has 0 unspecified atom stereocenters. The van der Waals surface area contributed by atoms with Gasteiger partial charge in [-0.2, -0.15) is 8.61 Å². The number of rotatable bonds is 8. The zero-order valence-corrected chi connectivity index (χ0v) is 18.8. The highest BCUT2D eigenvalue weighted by Crippen LogP contribution is 2.26. The topological polar surface area (TPSA) is 110 Å². The molecule has 1 atom stereocenters. The van der Waals surface area contributed by atoms with Crippen LogP contribution < -0.4 is 0 Å². The Hall–Kier alpha value is -1.53. The van der Waals surface area contributed by atoms with E-state index in [4.69, 9.17) is 9.47 Å². The van der Waals surface area contributed by atoms with Crippen LogP contribution in [0.5, 0.6) is 0 Å². The van der Waals surface area contributed by atoms with Gasteiger partial charge in [-0.25, -0.2) is 16.8 Å². The van der Waals surface area contributed by atoms with Gasteiger partial charge >= 0.3 is 5.97 Å². The van der Waals surface area contributed by atoms with E-state index in [1.165, 1.54) is 32.9 Å². The van der Waals surface area contributed by atoms with E-state index in [0.717, 1.165) is 0 Å². The van der Waals surface area contributed by atoms with Crippen LogP contribution >= 0.6 is 0 Å². The Morgan fingerprint density at radius 1 is 1.10 bits per heavy atom. The molecule has 2 fully saturated rings. The molecule has 0 saturated carbocycles. The molecule has 0 aliphatic carbocycles. The molecule has 30 heavy (non-hydrogen) atoms. The molecule has 0 N–H and O–H groups in total. The lowest BCUT2D eigenvalue weighted by Gasteiger charge is -2.33. The van der Waals surface area contributed by atoms with Crippen LogP contribution in [0.1, 0.15) is 26.7 Å². The standard InChI is InChI=1S/C19H28N2O7S2/c1-3-20(4-2)29(23,24)17-7-9-18(10-8-17)30(25,26)21-11-5-6-15(12-21)19(22)28-16-13-27-14-16/h7-10,15-16H,3-6,11-14H2,1-2H3/t15-/m1/s1. The van der Waals surface area contributed by atoms with Gasteiger partial charge in [0.15, 0.2) is 0 Å². The van der Waals surface area contributed by atoms with E-state index in [2.05, 4.69) is 0 Å². The first kappa shape index (κ1) is 23.1. The average Bonchev–Trinajstić information content (AvgIpc) is 2.71. The van der Waals surface area contributed by atoms with E-state index in [-0.39, 0.29) is 22.4 Å². The summed E-state index contributed by atoms with van der Waals surface area (Å²) in [6, 6.07) is 5.23. The van der Waals surface area contributed by atoms with Crippen LogP contribution in [0.2, 0.25) is 0 Å². The van der Waals surface area contributed by atoms with Gasteiger partial charge < -0.3 is 9.47 Å². The predicted molar refractivity (Wildman–Crippen MR) is 109 cm³/mol. The van der Waals surface area contributed by atoms with E-state index in [1.807, 2.05) is 0 Å². The largest absolute Gasteiger partial charge is 0.457 e. The smallest absolute Gasteiger partial charge is 0.310 e. The van der Waals surface area contributed by atoms with Crippen molar-refractivity contribution in [3.63, 3.8) is 0 Å². The third-order valence-electron chi connectivity index (χ3n) is 5.41. The summed E-state index contributed by atoms with van der Waals surface area (Å²) >= 11 is 0.